The fourth-order valence-corrected chi connectivity index (χ4v) is 15.2. The molecule has 566 valence electrons. The molecule has 25 nitrogen and oxygen atoms in total. The van der Waals surface area contributed by atoms with E-state index in [0.717, 1.165) is 74.8 Å². The molecule has 2 saturated heterocycles. The highest BCUT2D eigenvalue weighted by atomic mass is 35.5. The molecule has 1 unspecified atom stereocenters. The van der Waals surface area contributed by atoms with Crippen molar-refractivity contribution in [1.29, 1.82) is 0 Å². The van der Waals surface area contributed by atoms with E-state index in [9.17, 15) is 56.3 Å². The highest BCUT2D eigenvalue weighted by Gasteiger charge is 2.53. The molecule has 5 fully saturated rings. The van der Waals surface area contributed by atoms with Crippen molar-refractivity contribution in [1.82, 2.24) is 54.7 Å². The predicted molar refractivity (Wildman–Crippen MR) is 372 cm³/mol. The van der Waals surface area contributed by atoms with Crippen molar-refractivity contribution in [2.24, 2.45) is 35.3 Å². The zero-order chi connectivity index (χ0) is 75.0. The van der Waals surface area contributed by atoms with Gasteiger partial charge in [0.25, 0.3) is 0 Å². The third-order valence-electron chi connectivity index (χ3n) is 21.9. The largest absolute Gasteiger partial charge is 0.417 e. The molecule has 2 aliphatic heterocycles. The number of hydrogen-bond donors (Lipinski definition) is 3. The molecule has 1 aromatic rings. The molecule has 12 amide bonds. The number of likely N-dealkylation sites (N-methyl/N-ethyl adjacent to an activating group) is 7. The van der Waals surface area contributed by atoms with Gasteiger partial charge in [-0.05, 0) is 112 Å². The molecule has 1 aromatic carbocycles. The predicted octanol–water partition coefficient (Wildman–Crippen LogP) is 5.50. The molecule has 101 heavy (non-hydrogen) atoms. The lowest BCUT2D eigenvalue weighted by atomic mass is 9.74. The van der Waals surface area contributed by atoms with Gasteiger partial charge in [-0.2, -0.15) is 13.2 Å². The highest BCUT2D eigenvalue weighted by Crippen LogP contribution is 2.39. The Balaban J connectivity index is 1.23. The van der Waals surface area contributed by atoms with Crippen molar-refractivity contribution in [3.63, 3.8) is 0 Å². The van der Waals surface area contributed by atoms with Crippen LogP contribution in [0.25, 0.3) is 0 Å². The molecule has 6 rings (SSSR count). The number of nitrogens with zero attached hydrogens (tertiary/aromatic N) is 9. The van der Waals surface area contributed by atoms with Crippen LogP contribution in [0.15, 0.2) is 18.2 Å². The fourth-order valence-electron chi connectivity index (χ4n) is 14.9. The van der Waals surface area contributed by atoms with Crippen molar-refractivity contribution in [3.8, 4) is 0 Å². The van der Waals surface area contributed by atoms with Crippen LogP contribution in [-0.2, 0) is 74.9 Å². The van der Waals surface area contributed by atoms with Crippen LogP contribution in [0.1, 0.15) is 174 Å². The molecular formula is C72H112ClF3N12O13. The van der Waals surface area contributed by atoms with E-state index < -0.39 is 143 Å². The maximum absolute atomic E-state index is 15.4. The monoisotopic (exact) mass is 1440 g/mol. The molecule has 0 aromatic heterocycles. The Morgan fingerprint density at radius 1 is 0.663 bits per heavy atom. The normalized spacial score (nSPS) is 19.4. The van der Waals surface area contributed by atoms with Crippen molar-refractivity contribution < 1.29 is 75.4 Å². The number of alkyl halides is 3. The summed E-state index contributed by atoms with van der Waals surface area (Å²) in [5.74, 6) is -7.70. The lowest BCUT2D eigenvalue weighted by molar-refractivity contribution is -0.159. The SMILES string of the molecule is CC[C@H](C)C(C)C(=O)N(C)CC(=O)N(C)CC(=O)N(C)[C@@H](CC1CCCCC1)C(=O)N(C)CC(=O)N[C@@H](CCc1ccc(C(F)(F)F)c(Cl)c1)C(=O)N1CCC[C@H]1C(=O)NC1(C(=O)N(C)[C@H](C(=O)N(C)[C@@H](CC(=O)N(C)[C@@H](CC(C)C)C(N)=O)C(=O)N2CCOCC2)C2CCCCC2)CCC1. The molecule has 29 heteroatoms. The zero-order valence-corrected chi connectivity index (χ0v) is 62.3. The number of nitrogens with two attached hydrogens (primary N) is 1. The van der Waals surface area contributed by atoms with Gasteiger partial charge in [0, 0.05) is 74.9 Å². The summed E-state index contributed by atoms with van der Waals surface area (Å²) in [6.45, 7) is 9.07. The topological polar surface area (TPSA) is 293 Å². The number of halogens is 4. The molecule has 0 bridgehead atoms. The Morgan fingerprint density at radius 2 is 1.26 bits per heavy atom. The minimum Gasteiger partial charge on any atom is -0.378 e. The number of amides is 12. The third-order valence-corrected chi connectivity index (χ3v) is 22.2. The first kappa shape index (κ1) is 82.9. The summed E-state index contributed by atoms with van der Waals surface area (Å²) in [6.07, 6.45) is 4.97. The second kappa shape index (κ2) is 37.4. The van der Waals surface area contributed by atoms with Crippen LogP contribution in [0.3, 0.4) is 0 Å². The molecule has 0 spiro atoms. The van der Waals surface area contributed by atoms with Crippen molar-refractivity contribution in [2.75, 3.05) is 102 Å². The number of aryl methyl sites for hydroxylation is 1. The first-order valence-corrected chi connectivity index (χ1v) is 36.6. The Bertz CT molecular complexity index is 3100. The number of ether oxygens (including phenoxy) is 1. The maximum atomic E-state index is 15.4. The first-order chi connectivity index (χ1) is 47.5. The minimum atomic E-state index is -4.76. The second-order valence-electron chi connectivity index (χ2n) is 29.6. The first-order valence-electron chi connectivity index (χ1n) is 36.3. The van der Waals surface area contributed by atoms with Crippen LogP contribution in [0.2, 0.25) is 5.02 Å². The van der Waals surface area contributed by atoms with Gasteiger partial charge in [-0.15, -0.1) is 0 Å². The van der Waals surface area contributed by atoms with Crippen molar-refractivity contribution in [3.05, 3.63) is 34.3 Å². The van der Waals surface area contributed by atoms with Gasteiger partial charge in [0.1, 0.15) is 41.8 Å². The minimum absolute atomic E-state index is 0.0198. The zero-order valence-electron chi connectivity index (χ0n) is 61.5. The lowest BCUT2D eigenvalue weighted by Crippen LogP contribution is -2.68. The summed E-state index contributed by atoms with van der Waals surface area (Å²) in [4.78, 5) is 184. The average Bonchev–Trinajstić information content (AvgIpc) is 1.49. The number of morpholine rings is 1. The number of carbonyl (C=O) groups is 12. The lowest BCUT2D eigenvalue weighted by Gasteiger charge is -2.47. The fraction of sp³-hybridized carbons (Fsp3) is 0.750. The number of nitrogens with one attached hydrogen (secondary N) is 2. The van der Waals surface area contributed by atoms with Gasteiger partial charge in [0.2, 0.25) is 70.9 Å². The molecular weight excluding hydrogens is 1330 g/mol. The van der Waals surface area contributed by atoms with Gasteiger partial charge in [-0.25, -0.2) is 0 Å². The van der Waals surface area contributed by atoms with E-state index in [0.29, 0.717) is 31.2 Å². The van der Waals surface area contributed by atoms with Crippen LogP contribution >= 0.6 is 11.6 Å². The molecule has 3 aliphatic carbocycles. The van der Waals surface area contributed by atoms with Gasteiger partial charge in [-0.1, -0.05) is 110 Å². The molecule has 3 saturated carbocycles. The average molecular weight is 1450 g/mol. The van der Waals surface area contributed by atoms with Crippen molar-refractivity contribution >= 4 is 82.5 Å². The van der Waals surface area contributed by atoms with E-state index in [4.69, 9.17) is 22.1 Å². The van der Waals surface area contributed by atoms with Crippen molar-refractivity contribution in [2.45, 2.75) is 217 Å². The van der Waals surface area contributed by atoms with Crippen LogP contribution < -0.4 is 16.4 Å². The Kier molecular flexibility index (Phi) is 30.7. The summed E-state index contributed by atoms with van der Waals surface area (Å²) in [5, 5.41) is 5.17. The number of benzene rings is 1. The Morgan fingerprint density at radius 3 is 1.82 bits per heavy atom. The van der Waals surface area contributed by atoms with Gasteiger partial charge in [0.15, 0.2) is 0 Å². The van der Waals surface area contributed by atoms with E-state index in [-0.39, 0.29) is 120 Å². The van der Waals surface area contributed by atoms with E-state index in [1.807, 2.05) is 34.6 Å². The Hall–Kier alpha value is -7.10. The standard InChI is InChI=1S/C72H112ClF3N12O13/c1-13-46(4)47(5)65(95)82(8)43-60(91)80(6)44-61(92)84(10)56(40-48-22-16-14-17-23-48)67(97)81(7)42-58(89)78-53(30-28-49-27-29-51(52(73)39-49)72(74,75)76)66(96)88-33-20-26-54(88)64(94)79-71(31-21-32-71)70(100)86(12)62(50-24-18-15-19-25-50)69(99)85(11)57(68(98)87-34-36-101-37-35-87)41-59(90)83(9)55(63(77)93)38-45(2)3/h27,29,39,45-48,50,53-57,62H,13-26,28,30-38,40-44H2,1-12H3,(H2,77,93)(H,78,89)(H,79,94)/t46-,47?,53-,54-,55-,56-,57-,62-/m0/s1. The summed E-state index contributed by atoms with van der Waals surface area (Å²) < 4.78 is 47.1. The smallest absolute Gasteiger partial charge is 0.378 e. The number of carbonyl (C=O) groups excluding carboxylic acids is 12. The summed E-state index contributed by atoms with van der Waals surface area (Å²) in [6, 6.07) is -4.07. The molecule has 0 radical (unpaired) electrons. The van der Waals surface area contributed by atoms with Gasteiger partial charge in [-0.3, -0.25) is 57.5 Å². The van der Waals surface area contributed by atoms with Gasteiger partial charge in [0.05, 0.1) is 49.9 Å². The molecule has 4 N–H and O–H groups in total. The number of hydrogen-bond acceptors (Lipinski definition) is 13. The quantitative estimate of drug-likeness (QED) is 0.0804. The van der Waals surface area contributed by atoms with Crippen LogP contribution in [-0.4, -0.2) is 259 Å². The van der Waals surface area contributed by atoms with Crippen LogP contribution in [0.5, 0.6) is 0 Å². The highest BCUT2D eigenvalue weighted by molar-refractivity contribution is 6.31. The summed E-state index contributed by atoms with van der Waals surface area (Å²) in [7, 11) is 10.2. The number of likely N-dealkylation sites (tertiary alicyclic amines) is 1. The van der Waals surface area contributed by atoms with E-state index in [1.54, 1.807) is 0 Å². The van der Waals surface area contributed by atoms with E-state index >= 15 is 14.4 Å². The van der Waals surface area contributed by atoms with Crippen LogP contribution in [0, 0.1) is 29.6 Å². The van der Waals surface area contributed by atoms with E-state index in [2.05, 4.69) is 10.6 Å². The third kappa shape index (κ3) is 21.7. The molecule has 2 heterocycles. The summed E-state index contributed by atoms with van der Waals surface area (Å²) >= 11 is 6.15. The summed E-state index contributed by atoms with van der Waals surface area (Å²) in [5.41, 5.74) is 3.46. The van der Waals surface area contributed by atoms with Gasteiger partial charge < -0.3 is 65.2 Å². The Labute approximate surface area is 599 Å². The van der Waals surface area contributed by atoms with Crippen LogP contribution in [0.4, 0.5) is 13.2 Å². The second-order valence-corrected chi connectivity index (χ2v) is 30.0. The maximum Gasteiger partial charge on any atom is 0.417 e. The molecule has 5 aliphatic rings. The number of primary amides is 1. The number of rotatable bonds is 32. The molecule has 8 atom stereocenters. The van der Waals surface area contributed by atoms with Gasteiger partial charge >= 0.3 is 6.18 Å². The van der Waals surface area contributed by atoms with E-state index in [1.165, 1.54) is 94.6 Å².